The van der Waals surface area contributed by atoms with Crippen molar-refractivity contribution >= 4 is 11.9 Å². The minimum Gasteiger partial charge on any atom is -0.353 e. The van der Waals surface area contributed by atoms with Gasteiger partial charge >= 0.3 is 6.18 Å². The molecule has 1 aromatic rings. The number of nitrogens with zero attached hydrogens (tertiary/aromatic N) is 2. The predicted molar refractivity (Wildman–Crippen MR) is 69.9 cm³/mol. The number of halogens is 5. The number of nitrogens with one attached hydrogen (secondary N) is 3. The van der Waals surface area contributed by atoms with Gasteiger partial charge in [-0.1, -0.05) is 0 Å². The van der Waals surface area contributed by atoms with Gasteiger partial charge in [-0.2, -0.15) is 13.2 Å². The quantitative estimate of drug-likeness (QED) is 0.551. The fourth-order valence-corrected chi connectivity index (χ4v) is 1.99. The van der Waals surface area contributed by atoms with Gasteiger partial charge in [-0.05, 0) is 6.07 Å². The van der Waals surface area contributed by atoms with Crippen LogP contribution in [0.4, 0.5) is 27.9 Å². The zero-order valence-electron chi connectivity index (χ0n) is 11.8. The zero-order chi connectivity index (χ0) is 17.1. The molecule has 1 aliphatic heterocycles. The standard InChI is InChI=1S/C12H14F5N5O/c13-11(14)5-7(21-6-11)9(23)18-3-4-20-10-19-2-1-8(22-10)12(15,16)17/h1-2,7,21H,3-6H2,(H,18,23)(H,19,20,22). The molecule has 11 heteroatoms. The van der Waals surface area contributed by atoms with Gasteiger partial charge in [0.25, 0.3) is 5.92 Å². The van der Waals surface area contributed by atoms with Crippen molar-refractivity contribution in [2.24, 2.45) is 0 Å². The van der Waals surface area contributed by atoms with Crippen LogP contribution >= 0.6 is 0 Å². The molecule has 3 N–H and O–H groups in total. The van der Waals surface area contributed by atoms with E-state index in [1.54, 1.807) is 0 Å². The molecule has 0 aromatic carbocycles. The smallest absolute Gasteiger partial charge is 0.353 e. The van der Waals surface area contributed by atoms with E-state index in [-0.39, 0.29) is 19.0 Å². The Morgan fingerprint density at radius 3 is 2.74 bits per heavy atom. The van der Waals surface area contributed by atoms with Gasteiger partial charge in [-0.3, -0.25) is 10.1 Å². The maximum absolute atomic E-state index is 12.9. The fourth-order valence-electron chi connectivity index (χ4n) is 1.99. The minimum atomic E-state index is -4.58. The van der Waals surface area contributed by atoms with Gasteiger partial charge < -0.3 is 10.6 Å². The van der Waals surface area contributed by atoms with Gasteiger partial charge in [0.15, 0.2) is 0 Å². The summed E-state index contributed by atoms with van der Waals surface area (Å²) >= 11 is 0. The number of hydrogen-bond acceptors (Lipinski definition) is 5. The highest BCUT2D eigenvalue weighted by molar-refractivity contribution is 5.82. The third-order valence-corrected chi connectivity index (χ3v) is 3.08. The van der Waals surface area contributed by atoms with Crippen molar-refractivity contribution in [1.82, 2.24) is 20.6 Å². The highest BCUT2D eigenvalue weighted by Crippen LogP contribution is 2.27. The summed E-state index contributed by atoms with van der Waals surface area (Å²) < 4.78 is 63.2. The molecule has 1 aliphatic rings. The molecule has 1 saturated heterocycles. The van der Waals surface area contributed by atoms with E-state index in [2.05, 4.69) is 25.9 Å². The second-order valence-electron chi connectivity index (χ2n) is 4.97. The molecule has 0 spiro atoms. The number of aromatic nitrogens is 2. The number of carbonyl (C=O) groups is 1. The highest BCUT2D eigenvalue weighted by Gasteiger charge is 2.42. The van der Waals surface area contributed by atoms with Crippen molar-refractivity contribution in [3.8, 4) is 0 Å². The maximum atomic E-state index is 12.9. The van der Waals surface area contributed by atoms with E-state index < -0.39 is 42.7 Å². The van der Waals surface area contributed by atoms with E-state index in [0.29, 0.717) is 0 Å². The molecule has 1 fully saturated rings. The van der Waals surface area contributed by atoms with Gasteiger partial charge in [0.1, 0.15) is 5.69 Å². The molecular formula is C12H14F5N5O. The Bertz CT molecular complexity index is 565. The van der Waals surface area contributed by atoms with Crippen LogP contribution < -0.4 is 16.0 Å². The van der Waals surface area contributed by atoms with E-state index in [0.717, 1.165) is 12.3 Å². The molecular weight excluding hydrogens is 325 g/mol. The molecule has 2 heterocycles. The average Bonchev–Trinajstić information content (AvgIpc) is 2.83. The normalized spacial score (nSPS) is 20.3. The third kappa shape index (κ3) is 4.98. The first-order valence-electron chi connectivity index (χ1n) is 6.70. The summed E-state index contributed by atoms with van der Waals surface area (Å²) in [5.74, 6) is -3.74. The fraction of sp³-hybridized carbons (Fsp3) is 0.583. The molecule has 0 saturated carbocycles. The molecule has 0 aliphatic carbocycles. The van der Waals surface area contributed by atoms with Crippen LogP contribution in [-0.4, -0.2) is 47.5 Å². The van der Waals surface area contributed by atoms with Crippen LogP contribution in [0, 0.1) is 0 Å². The maximum Gasteiger partial charge on any atom is 0.433 e. The van der Waals surface area contributed by atoms with Crippen molar-refractivity contribution in [1.29, 1.82) is 0 Å². The molecule has 128 valence electrons. The minimum absolute atomic E-state index is 0.0300. The molecule has 0 bridgehead atoms. The molecule has 1 aromatic heterocycles. The van der Waals surface area contributed by atoms with Gasteiger partial charge in [0.05, 0.1) is 12.6 Å². The lowest BCUT2D eigenvalue weighted by Gasteiger charge is -2.12. The van der Waals surface area contributed by atoms with Gasteiger partial charge in [0.2, 0.25) is 11.9 Å². The van der Waals surface area contributed by atoms with Crippen LogP contribution in [-0.2, 0) is 11.0 Å². The second kappa shape index (κ2) is 6.60. The summed E-state index contributed by atoms with van der Waals surface area (Å²) in [7, 11) is 0. The van der Waals surface area contributed by atoms with E-state index in [9.17, 15) is 26.7 Å². The van der Waals surface area contributed by atoms with Crippen molar-refractivity contribution in [3.05, 3.63) is 18.0 Å². The number of rotatable bonds is 5. The van der Waals surface area contributed by atoms with Gasteiger partial charge in [-0.25, -0.2) is 18.7 Å². The van der Waals surface area contributed by atoms with Crippen molar-refractivity contribution in [2.45, 2.75) is 24.6 Å². The number of alkyl halides is 5. The number of hydrogen-bond donors (Lipinski definition) is 3. The number of anilines is 1. The Labute approximate surface area is 127 Å². The van der Waals surface area contributed by atoms with Crippen molar-refractivity contribution in [3.63, 3.8) is 0 Å². The van der Waals surface area contributed by atoms with Gasteiger partial charge in [-0.15, -0.1) is 0 Å². The molecule has 1 atom stereocenters. The van der Waals surface area contributed by atoms with E-state index in [1.807, 2.05) is 0 Å². The summed E-state index contributed by atoms with van der Waals surface area (Å²) in [6, 6.07) is -0.242. The lowest BCUT2D eigenvalue weighted by molar-refractivity contribution is -0.141. The Morgan fingerprint density at radius 2 is 2.13 bits per heavy atom. The summed E-state index contributed by atoms with van der Waals surface area (Å²) in [5.41, 5.74) is -1.09. The molecule has 2 rings (SSSR count). The number of carbonyl (C=O) groups excluding carboxylic acids is 1. The lowest BCUT2D eigenvalue weighted by Crippen LogP contribution is -2.42. The van der Waals surface area contributed by atoms with Crippen LogP contribution in [0.15, 0.2) is 12.3 Å². The monoisotopic (exact) mass is 339 g/mol. The van der Waals surface area contributed by atoms with Crippen molar-refractivity contribution < 1.29 is 26.7 Å². The van der Waals surface area contributed by atoms with Crippen LogP contribution in [0.2, 0.25) is 0 Å². The Kier molecular flexibility index (Phi) is 4.97. The first-order valence-corrected chi connectivity index (χ1v) is 6.70. The third-order valence-electron chi connectivity index (χ3n) is 3.08. The van der Waals surface area contributed by atoms with Crippen LogP contribution in [0.25, 0.3) is 0 Å². The Morgan fingerprint density at radius 1 is 1.39 bits per heavy atom. The summed E-state index contributed by atoms with van der Waals surface area (Å²) in [4.78, 5) is 18.5. The first kappa shape index (κ1) is 17.3. The van der Waals surface area contributed by atoms with Crippen molar-refractivity contribution in [2.75, 3.05) is 25.0 Å². The Hall–Kier alpha value is -2.04. The lowest BCUT2D eigenvalue weighted by atomic mass is 10.2. The second-order valence-corrected chi connectivity index (χ2v) is 4.97. The average molecular weight is 339 g/mol. The topological polar surface area (TPSA) is 78.9 Å². The van der Waals surface area contributed by atoms with Gasteiger partial charge in [0, 0.05) is 25.7 Å². The molecule has 1 unspecified atom stereocenters. The van der Waals surface area contributed by atoms with E-state index >= 15 is 0 Å². The summed E-state index contributed by atoms with van der Waals surface area (Å²) in [6.07, 6.45) is -4.20. The largest absolute Gasteiger partial charge is 0.433 e. The van der Waals surface area contributed by atoms with E-state index in [1.165, 1.54) is 0 Å². The first-order chi connectivity index (χ1) is 10.7. The molecule has 6 nitrogen and oxygen atoms in total. The number of amides is 1. The SMILES string of the molecule is O=C(NCCNc1nccc(C(F)(F)F)n1)C1CC(F)(F)CN1. The Balaban J connectivity index is 1.75. The van der Waals surface area contributed by atoms with Crippen LogP contribution in [0.3, 0.4) is 0 Å². The molecule has 23 heavy (non-hydrogen) atoms. The molecule has 0 radical (unpaired) electrons. The highest BCUT2D eigenvalue weighted by atomic mass is 19.4. The predicted octanol–water partition coefficient (Wildman–Crippen LogP) is 1.02. The van der Waals surface area contributed by atoms with Crippen LogP contribution in [0.1, 0.15) is 12.1 Å². The summed E-state index contributed by atoms with van der Waals surface area (Å²) in [5, 5.41) is 7.31. The summed E-state index contributed by atoms with van der Waals surface area (Å²) in [6.45, 7) is -0.472. The zero-order valence-corrected chi connectivity index (χ0v) is 11.8. The van der Waals surface area contributed by atoms with Crippen LogP contribution in [0.5, 0.6) is 0 Å². The van der Waals surface area contributed by atoms with E-state index in [4.69, 9.17) is 0 Å². The molecule has 1 amide bonds.